The van der Waals surface area contributed by atoms with Gasteiger partial charge in [0.1, 0.15) is 0 Å². The highest BCUT2D eigenvalue weighted by molar-refractivity contribution is 6.16. The third-order valence-electron chi connectivity index (χ3n) is 1.42. The van der Waals surface area contributed by atoms with Gasteiger partial charge < -0.3 is 4.98 Å². The fourth-order valence-electron chi connectivity index (χ4n) is 0.730. The van der Waals surface area contributed by atoms with Crippen LogP contribution in [-0.4, -0.2) is 9.97 Å². The maximum Gasteiger partial charge on any atom is 0.325 e. The Labute approximate surface area is 67.2 Å². The van der Waals surface area contributed by atoms with Crippen molar-refractivity contribution in [3.63, 3.8) is 0 Å². The second-order valence-corrected chi connectivity index (χ2v) is 2.41. The molecule has 0 atom stereocenters. The molecule has 0 spiro atoms. The van der Waals surface area contributed by atoms with Crippen LogP contribution >= 0.6 is 11.6 Å². The summed E-state index contributed by atoms with van der Waals surface area (Å²) >= 11 is 5.45. The van der Waals surface area contributed by atoms with Gasteiger partial charge in [0.2, 0.25) is 0 Å². The quantitative estimate of drug-likeness (QED) is 0.594. The topological polar surface area (TPSA) is 65.7 Å². The van der Waals surface area contributed by atoms with Gasteiger partial charge in [-0.15, -0.1) is 11.6 Å². The van der Waals surface area contributed by atoms with E-state index in [9.17, 15) is 9.59 Å². The minimum atomic E-state index is -0.517. The molecule has 0 radical (unpaired) electrons. The molecule has 2 N–H and O–H groups in total. The monoisotopic (exact) mass is 174 g/mol. The lowest BCUT2D eigenvalue weighted by Gasteiger charge is -1.97. The second-order valence-electron chi connectivity index (χ2n) is 2.15. The van der Waals surface area contributed by atoms with Crippen LogP contribution in [0.2, 0.25) is 0 Å². The summed E-state index contributed by atoms with van der Waals surface area (Å²) in [6, 6.07) is 0. The van der Waals surface area contributed by atoms with Crippen LogP contribution in [0.1, 0.15) is 11.3 Å². The number of halogens is 1. The van der Waals surface area contributed by atoms with Crippen LogP contribution in [0, 0.1) is 6.92 Å². The number of aromatic amines is 2. The average Bonchev–Trinajstić information content (AvgIpc) is 1.96. The summed E-state index contributed by atoms with van der Waals surface area (Å²) in [5.41, 5.74) is 0.0284. The number of aromatic nitrogens is 2. The first-order valence-corrected chi connectivity index (χ1v) is 3.56. The maximum absolute atomic E-state index is 10.9. The molecule has 1 aromatic heterocycles. The van der Waals surface area contributed by atoms with Gasteiger partial charge in [-0.25, -0.2) is 4.79 Å². The van der Waals surface area contributed by atoms with Crippen LogP contribution in [0.25, 0.3) is 0 Å². The lowest BCUT2D eigenvalue weighted by molar-refractivity contribution is 0.953. The van der Waals surface area contributed by atoms with Gasteiger partial charge >= 0.3 is 5.69 Å². The zero-order valence-corrected chi connectivity index (χ0v) is 6.66. The zero-order valence-electron chi connectivity index (χ0n) is 5.90. The molecule has 4 nitrogen and oxygen atoms in total. The first-order chi connectivity index (χ1) is 5.15. The van der Waals surface area contributed by atoms with Crippen LogP contribution in [0.15, 0.2) is 9.59 Å². The molecule has 0 aliphatic heterocycles. The van der Waals surface area contributed by atoms with Gasteiger partial charge in [0.25, 0.3) is 5.56 Å². The Kier molecular flexibility index (Phi) is 2.14. The first-order valence-electron chi connectivity index (χ1n) is 3.03. The van der Waals surface area contributed by atoms with Gasteiger partial charge in [-0.2, -0.15) is 0 Å². The molecule has 0 bridgehead atoms. The van der Waals surface area contributed by atoms with Crippen molar-refractivity contribution in [1.82, 2.24) is 9.97 Å². The minimum absolute atomic E-state index is 0.144. The molecule has 1 aromatic rings. The molecule has 0 unspecified atom stereocenters. The summed E-state index contributed by atoms with van der Waals surface area (Å²) in [6.45, 7) is 1.60. The fourth-order valence-corrected chi connectivity index (χ4v) is 0.997. The number of H-pyrrole nitrogens is 2. The molecule has 1 heterocycles. The van der Waals surface area contributed by atoms with E-state index in [-0.39, 0.29) is 11.4 Å². The molecule has 60 valence electrons. The van der Waals surface area contributed by atoms with Crippen LogP contribution in [0.3, 0.4) is 0 Å². The highest BCUT2D eigenvalue weighted by atomic mass is 35.5. The molecule has 0 saturated carbocycles. The molecule has 0 saturated heterocycles. The van der Waals surface area contributed by atoms with E-state index in [2.05, 4.69) is 9.97 Å². The Morgan fingerprint density at radius 2 is 2.00 bits per heavy atom. The number of hydrogen-bond donors (Lipinski definition) is 2. The lowest BCUT2D eigenvalue weighted by atomic mass is 10.3. The Bertz CT molecular complexity index is 366. The molecule has 0 aromatic carbocycles. The number of nitrogens with one attached hydrogen (secondary N) is 2. The highest BCUT2D eigenvalue weighted by Gasteiger charge is 2.01. The third-order valence-corrected chi connectivity index (χ3v) is 1.69. The zero-order chi connectivity index (χ0) is 8.43. The van der Waals surface area contributed by atoms with Gasteiger partial charge in [-0.3, -0.25) is 9.78 Å². The molecule has 0 aliphatic carbocycles. The molecular weight excluding hydrogens is 168 g/mol. The van der Waals surface area contributed by atoms with Gasteiger partial charge in [0.15, 0.2) is 0 Å². The van der Waals surface area contributed by atoms with Gasteiger partial charge in [0.05, 0.1) is 5.88 Å². The summed E-state index contributed by atoms with van der Waals surface area (Å²) in [5, 5.41) is 0. The molecule has 1 rings (SSSR count). The molecule has 0 aliphatic rings. The Morgan fingerprint density at radius 1 is 1.36 bits per heavy atom. The summed E-state index contributed by atoms with van der Waals surface area (Å²) in [4.78, 5) is 26.0. The molecule has 0 amide bonds. The van der Waals surface area contributed by atoms with Gasteiger partial charge in [-0.05, 0) is 6.92 Å². The van der Waals surface area contributed by atoms with Crippen molar-refractivity contribution in [2.75, 3.05) is 0 Å². The molecular formula is C6H7ClN2O2. The van der Waals surface area contributed by atoms with E-state index < -0.39 is 5.69 Å². The fraction of sp³-hybridized carbons (Fsp3) is 0.333. The van der Waals surface area contributed by atoms with Crippen LogP contribution in [0.4, 0.5) is 0 Å². The van der Waals surface area contributed by atoms with Gasteiger partial charge in [0, 0.05) is 11.3 Å². The Morgan fingerprint density at radius 3 is 2.55 bits per heavy atom. The Balaban J connectivity index is 3.49. The average molecular weight is 175 g/mol. The number of rotatable bonds is 1. The van der Waals surface area contributed by atoms with E-state index in [1.807, 2.05) is 0 Å². The van der Waals surface area contributed by atoms with Crippen molar-refractivity contribution < 1.29 is 0 Å². The molecule has 11 heavy (non-hydrogen) atoms. The van der Waals surface area contributed by atoms with Crippen LogP contribution in [-0.2, 0) is 5.88 Å². The molecule has 5 heteroatoms. The van der Waals surface area contributed by atoms with Crippen molar-refractivity contribution >= 4 is 11.6 Å². The van der Waals surface area contributed by atoms with E-state index in [4.69, 9.17) is 11.6 Å². The standard InChI is InChI=1S/C6H7ClN2O2/c1-3-4(2-7)8-6(11)9-5(3)10/h2H2,1H3,(H2,8,9,10,11). The highest BCUT2D eigenvalue weighted by Crippen LogP contribution is 1.98. The van der Waals surface area contributed by atoms with E-state index in [0.29, 0.717) is 11.3 Å². The SMILES string of the molecule is Cc1c(CCl)[nH]c(=O)[nH]c1=O. The van der Waals surface area contributed by atoms with Crippen molar-refractivity contribution in [2.45, 2.75) is 12.8 Å². The van der Waals surface area contributed by atoms with Crippen molar-refractivity contribution in [3.05, 3.63) is 32.1 Å². The number of hydrogen-bond acceptors (Lipinski definition) is 2. The first kappa shape index (κ1) is 8.07. The summed E-state index contributed by atoms with van der Waals surface area (Å²) in [7, 11) is 0. The van der Waals surface area contributed by atoms with E-state index in [1.165, 1.54) is 0 Å². The van der Waals surface area contributed by atoms with Crippen LogP contribution < -0.4 is 11.2 Å². The van der Waals surface area contributed by atoms with E-state index in [0.717, 1.165) is 0 Å². The predicted molar refractivity (Wildman–Crippen MR) is 42.0 cm³/mol. The summed E-state index contributed by atoms with van der Waals surface area (Å²) < 4.78 is 0. The van der Waals surface area contributed by atoms with Crippen molar-refractivity contribution in [2.24, 2.45) is 0 Å². The minimum Gasteiger partial charge on any atom is -0.310 e. The maximum atomic E-state index is 10.9. The lowest BCUT2D eigenvalue weighted by Crippen LogP contribution is -2.25. The molecule has 0 fully saturated rings. The van der Waals surface area contributed by atoms with E-state index in [1.54, 1.807) is 6.92 Å². The summed E-state index contributed by atoms with van der Waals surface area (Å²) in [6.07, 6.45) is 0. The normalized spacial score (nSPS) is 10.0. The Hall–Kier alpha value is -1.03. The number of alkyl halides is 1. The summed E-state index contributed by atoms with van der Waals surface area (Å²) in [5.74, 6) is 0.144. The largest absolute Gasteiger partial charge is 0.325 e. The van der Waals surface area contributed by atoms with Crippen molar-refractivity contribution in [1.29, 1.82) is 0 Å². The predicted octanol–water partition coefficient (Wildman–Crippen LogP) is 0.110. The smallest absolute Gasteiger partial charge is 0.310 e. The van der Waals surface area contributed by atoms with Crippen molar-refractivity contribution in [3.8, 4) is 0 Å². The second kappa shape index (κ2) is 2.92. The van der Waals surface area contributed by atoms with Gasteiger partial charge in [-0.1, -0.05) is 0 Å². The van der Waals surface area contributed by atoms with Crippen LogP contribution in [0.5, 0.6) is 0 Å². The van der Waals surface area contributed by atoms with E-state index >= 15 is 0 Å². The third kappa shape index (κ3) is 1.51.